The van der Waals surface area contributed by atoms with Crippen molar-refractivity contribution in [1.29, 1.82) is 0 Å². The highest BCUT2D eigenvalue weighted by atomic mass is 79.9. The molecular formula is C14H21BrN2OS. The van der Waals surface area contributed by atoms with E-state index in [1.54, 1.807) is 6.92 Å². The molecule has 0 unspecified atom stereocenters. The molecule has 0 heterocycles. The van der Waals surface area contributed by atoms with Gasteiger partial charge in [0, 0.05) is 29.4 Å². The summed E-state index contributed by atoms with van der Waals surface area (Å²) in [5, 5.41) is 0.119. The number of thioether (sulfide) groups is 1. The molecule has 5 heteroatoms. The number of nitrogens with zero attached hydrogens (tertiary/aromatic N) is 2. The summed E-state index contributed by atoms with van der Waals surface area (Å²) in [5.74, 6) is 0. The summed E-state index contributed by atoms with van der Waals surface area (Å²) in [6.07, 6.45) is 0. The Morgan fingerprint density at radius 3 is 1.84 bits per heavy atom. The number of halogens is 1. The number of hydrogen-bond acceptors (Lipinski definition) is 4. The van der Waals surface area contributed by atoms with Crippen LogP contribution < -0.4 is 0 Å². The summed E-state index contributed by atoms with van der Waals surface area (Å²) in [6.45, 7) is 3.31. The lowest BCUT2D eigenvalue weighted by molar-refractivity contribution is -0.109. The van der Waals surface area contributed by atoms with E-state index in [0.717, 1.165) is 22.5 Å². The van der Waals surface area contributed by atoms with Crippen molar-refractivity contribution in [2.75, 3.05) is 28.2 Å². The van der Waals surface area contributed by atoms with E-state index in [2.05, 4.69) is 37.9 Å². The Morgan fingerprint density at radius 2 is 1.53 bits per heavy atom. The zero-order valence-corrected chi connectivity index (χ0v) is 14.6. The summed E-state index contributed by atoms with van der Waals surface area (Å²) < 4.78 is 1.14. The minimum Gasteiger partial charge on any atom is -0.305 e. The summed E-state index contributed by atoms with van der Waals surface area (Å²) in [7, 11) is 8.18. The van der Waals surface area contributed by atoms with E-state index >= 15 is 0 Å². The first-order valence-corrected chi connectivity index (χ1v) is 7.69. The third-order valence-corrected chi connectivity index (χ3v) is 4.21. The van der Waals surface area contributed by atoms with E-state index in [-0.39, 0.29) is 5.12 Å². The van der Waals surface area contributed by atoms with Crippen molar-refractivity contribution in [1.82, 2.24) is 9.80 Å². The Labute approximate surface area is 128 Å². The number of carbonyl (C=O) groups is 1. The largest absolute Gasteiger partial charge is 0.305 e. The molecule has 0 aliphatic carbocycles. The van der Waals surface area contributed by atoms with E-state index in [1.165, 1.54) is 22.9 Å². The van der Waals surface area contributed by atoms with Crippen molar-refractivity contribution in [3.8, 4) is 0 Å². The minimum absolute atomic E-state index is 0.119. The van der Waals surface area contributed by atoms with Crippen molar-refractivity contribution < 1.29 is 4.79 Å². The molecule has 0 saturated carbocycles. The lowest BCUT2D eigenvalue weighted by Gasteiger charge is -2.18. The summed E-state index contributed by atoms with van der Waals surface area (Å²) in [6, 6.07) is 4.19. The predicted molar refractivity (Wildman–Crippen MR) is 85.5 cm³/mol. The molecule has 0 atom stereocenters. The van der Waals surface area contributed by atoms with Gasteiger partial charge in [-0.3, -0.25) is 4.79 Å². The SMILES string of the molecule is CC(=O)Sc1cc(CN(C)C)c(Br)c(CN(C)C)c1. The molecule has 0 aliphatic heterocycles. The Balaban J connectivity index is 3.17. The van der Waals surface area contributed by atoms with Gasteiger partial charge in [0.25, 0.3) is 0 Å². The molecule has 1 aromatic carbocycles. The van der Waals surface area contributed by atoms with E-state index in [4.69, 9.17) is 0 Å². The third-order valence-electron chi connectivity index (χ3n) is 2.43. The first-order chi connectivity index (χ1) is 8.79. The Kier molecular flexibility index (Phi) is 6.53. The zero-order chi connectivity index (χ0) is 14.6. The van der Waals surface area contributed by atoms with E-state index in [9.17, 15) is 4.79 Å². The number of rotatable bonds is 5. The molecule has 0 aliphatic rings. The van der Waals surface area contributed by atoms with E-state index < -0.39 is 0 Å². The van der Waals surface area contributed by atoms with Crippen molar-refractivity contribution in [2.45, 2.75) is 24.9 Å². The molecule has 19 heavy (non-hydrogen) atoms. The van der Waals surface area contributed by atoms with Crippen LogP contribution in [0.5, 0.6) is 0 Å². The summed E-state index contributed by atoms with van der Waals surface area (Å²) in [5.41, 5.74) is 2.43. The van der Waals surface area contributed by atoms with Crippen LogP contribution >= 0.6 is 27.7 Å². The van der Waals surface area contributed by atoms with Crippen molar-refractivity contribution >= 4 is 32.8 Å². The minimum atomic E-state index is 0.119. The molecule has 0 radical (unpaired) electrons. The zero-order valence-electron chi connectivity index (χ0n) is 12.2. The molecule has 106 valence electrons. The molecule has 0 saturated heterocycles. The Morgan fingerprint density at radius 1 is 1.11 bits per heavy atom. The normalized spacial score (nSPS) is 11.4. The molecule has 0 N–H and O–H groups in total. The molecule has 1 rings (SSSR count). The van der Waals surface area contributed by atoms with Crippen LogP contribution in [-0.4, -0.2) is 43.1 Å². The fourth-order valence-electron chi connectivity index (χ4n) is 1.85. The second-order valence-corrected chi connectivity index (χ2v) is 7.17. The van der Waals surface area contributed by atoms with Gasteiger partial charge in [-0.05, 0) is 51.5 Å². The summed E-state index contributed by atoms with van der Waals surface area (Å²) in [4.78, 5) is 16.6. The predicted octanol–water partition coefficient (Wildman–Crippen LogP) is 3.21. The van der Waals surface area contributed by atoms with Crippen LogP contribution in [0.3, 0.4) is 0 Å². The van der Waals surface area contributed by atoms with E-state index in [1.807, 2.05) is 28.2 Å². The standard InChI is InChI=1S/C14H21BrN2OS/c1-10(18)19-13-6-11(8-16(2)3)14(15)12(7-13)9-17(4)5/h6-7H,8-9H2,1-5H3. The fraction of sp³-hybridized carbons (Fsp3) is 0.500. The topological polar surface area (TPSA) is 23.6 Å². The Bertz CT molecular complexity index is 430. The van der Waals surface area contributed by atoms with Crippen molar-refractivity contribution in [3.05, 3.63) is 27.7 Å². The first-order valence-electron chi connectivity index (χ1n) is 6.08. The highest BCUT2D eigenvalue weighted by Gasteiger charge is 2.12. The van der Waals surface area contributed by atoms with Crippen LogP contribution in [0.15, 0.2) is 21.5 Å². The van der Waals surface area contributed by atoms with Crippen LogP contribution in [0.25, 0.3) is 0 Å². The quantitative estimate of drug-likeness (QED) is 0.765. The fourth-order valence-corrected chi connectivity index (χ4v) is 3.07. The molecule has 1 aromatic rings. The smallest absolute Gasteiger partial charge is 0.190 e. The van der Waals surface area contributed by atoms with Gasteiger partial charge in [-0.15, -0.1) is 0 Å². The van der Waals surface area contributed by atoms with Gasteiger partial charge in [-0.25, -0.2) is 0 Å². The monoisotopic (exact) mass is 344 g/mol. The highest BCUT2D eigenvalue weighted by Crippen LogP contribution is 2.30. The number of hydrogen-bond donors (Lipinski definition) is 0. The van der Waals surface area contributed by atoms with Gasteiger partial charge < -0.3 is 9.80 Å². The number of carbonyl (C=O) groups excluding carboxylic acids is 1. The van der Waals surface area contributed by atoms with Crippen molar-refractivity contribution in [3.63, 3.8) is 0 Å². The molecule has 0 fully saturated rings. The van der Waals surface area contributed by atoms with Gasteiger partial charge in [0.1, 0.15) is 0 Å². The van der Waals surface area contributed by atoms with Crippen LogP contribution in [-0.2, 0) is 17.9 Å². The average molecular weight is 345 g/mol. The molecular weight excluding hydrogens is 324 g/mol. The van der Waals surface area contributed by atoms with Gasteiger partial charge in [0.15, 0.2) is 5.12 Å². The van der Waals surface area contributed by atoms with Crippen LogP contribution in [0.1, 0.15) is 18.1 Å². The molecule has 0 bridgehead atoms. The second-order valence-electron chi connectivity index (χ2n) is 5.12. The maximum Gasteiger partial charge on any atom is 0.190 e. The Hall–Kier alpha value is -0.360. The van der Waals surface area contributed by atoms with Gasteiger partial charge in [-0.1, -0.05) is 27.7 Å². The number of benzene rings is 1. The molecule has 3 nitrogen and oxygen atoms in total. The van der Waals surface area contributed by atoms with Gasteiger partial charge in [0.05, 0.1) is 0 Å². The van der Waals surface area contributed by atoms with Gasteiger partial charge in [-0.2, -0.15) is 0 Å². The van der Waals surface area contributed by atoms with Gasteiger partial charge >= 0.3 is 0 Å². The maximum atomic E-state index is 11.3. The lowest BCUT2D eigenvalue weighted by atomic mass is 10.1. The van der Waals surface area contributed by atoms with Gasteiger partial charge in [0.2, 0.25) is 0 Å². The van der Waals surface area contributed by atoms with Crippen LogP contribution in [0.2, 0.25) is 0 Å². The maximum absolute atomic E-state index is 11.3. The summed E-state index contributed by atoms with van der Waals surface area (Å²) >= 11 is 4.98. The molecule has 0 spiro atoms. The van der Waals surface area contributed by atoms with Crippen molar-refractivity contribution in [2.24, 2.45) is 0 Å². The first kappa shape index (κ1) is 16.7. The molecule has 0 aromatic heterocycles. The lowest BCUT2D eigenvalue weighted by Crippen LogP contribution is -2.14. The second kappa shape index (κ2) is 7.43. The van der Waals surface area contributed by atoms with Crippen LogP contribution in [0, 0.1) is 0 Å². The van der Waals surface area contributed by atoms with Crippen LogP contribution in [0.4, 0.5) is 0 Å². The van der Waals surface area contributed by atoms with E-state index in [0.29, 0.717) is 0 Å². The molecule has 0 amide bonds. The third kappa shape index (κ3) is 5.65. The average Bonchev–Trinajstić information content (AvgIpc) is 2.22. The highest BCUT2D eigenvalue weighted by molar-refractivity contribution is 9.10.